The topological polar surface area (TPSA) is 71.3 Å². The molecule has 180 valence electrons. The van der Waals surface area contributed by atoms with Crippen molar-refractivity contribution in [2.45, 2.75) is 31.6 Å². The number of rotatable bonds is 10. The van der Waals surface area contributed by atoms with Crippen molar-refractivity contribution >= 4 is 40.9 Å². The molecule has 0 bridgehead atoms. The van der Waals surface area contributed by atoms with Crippen LogP contribution in [0, 0.1) is 5.92 Å². The Kier molecular flexibility index (Phi) is 9.27. The third kappa shape index (κ3) is 7.22. The Hall–Kier alpha value is -2.06. The van der Waals surface area contributed by atoms with Gasteiger partial charge in [0.1, 0.15) is 0 Å². The van der Waals surface area contributed by atoms with E-state index in [1.54, 1.807) is 6.07 Å². The number of hydrogen-bond donors (Lipinski definition) is 1. The second-order valence-electron chi connectivity index (χ2n) is 8.39. The van der Waals surface area contributed by atoms with Gasteiger partial charge in [-0.1, -0.05) is 52.6 Å². The largest absolute Gasteiger partial charge is 0.356 e. The third-order valence-electron chi connectivity index (χ3n) is 5.74. The van der Waals surface area contributed by atoms with Gasteiger partial charge in [-0.05, 0) is 61.4 Å². The van der Waals surface area contributed by atoms with Crippen molar-refractivity contribution in [1.82, 2.24) is 20.4 Å². The van der Waals surface area contributed by atoms with Crippen LogP contribution in [0.25, 0.3) is 11.4 Å². The van der Waals surface area contributed by atoms with Crippen molar-refractivity contribution in [3.63, 3.8) is 0 Å². The van der Waals surface area contributed by atoms with Gasteiger partial charge in [0.2, 0.25) is 17.6 Å². The van der Waals surface area contributed by atoms with Crippen molar-refractivity contribution in [1.29, 1.82) is 0 Å². The van der Waals surface area contributed by atoms with Crippen molar-refractivity contribution in [3.05, 3.63) is 70.0 Å². The van der Waals surface area contributed by atoms with Gasteiger partial charge in [-0.3, -0.25) is 9.69 Å². The summed E-state index contributed by atoms with van der Waals surface area (Å²) in [6.45, 7) is 2.83. The molecule has 1 aliphatic rings. The Bertz CT molecular complexity index is 1090. The maximum absolute atomic E-state index is 12.7. The summed E-state index contributed by atoms with van der Waals surface area (Å²) in [6, 6.07) is 15.4. The number of thioether (sulfide) groups is 1. The molecule has 1 atom stereocenters. The van der Waals surface area contributed by atoms with E-state index in [-0.39, 0.29) is 11.8 Å². The first-order chi connectivity index (χ1) is 16.6. The normalized spacial score (nSPS) is 16.5. The minimum Gasteiger partial charge on any atom is -0.356 e. The molecule has 1 aromatic heterocycles. The molecule has 1 aliphatic heterocycles. The number of carbonyl (C=O) groups excluding carboxylic acids is 1. The average molecular weight is 519 g/mol. The number of halogens is 2. The average Bonchev–Trinajstić information content (AvgIpc) is 3.30. The van der Waals surface area contributed by atoms with Crippen molar-refractivity contribution in [2.24, 2.45) is 5.92 Å². The summed E-state index contributed by atoms with van der Waals surface area (Å²) in [4.78, 5) is 19.4. The molecule has 3 aromatic rings. The van der Waals surface area contributed by atoms with Gasteiger partial charge in [0.25, 0.3) is 0 Å². The number of piperidine rings is 1. The number of hydrogen-bond acceptors (Lipinski definition) is 6. The molecule has 1 saturated heterocycles. The van der Waals surface area contributed by atoms with E-state index in [0.29, 0.717) is 36.4 Å². The van der Waals surface area contributed by atoms with Crippen molar-refractivity contribution < 1.29 is 9.32 Å². The summed E-state index contributed by atoms with van der Waals surface area (Å²) in [5.74, 6) is 3.06. The Labute approximate surface area is 214 Å². The molecule has 2 heterocycles. The molecule has 34 heavy (non-hydrogen) atoms. The van der Waals surface area contributed by atoms with Crippen LogP contribution in [0.2, 0.25) is 10.0 Å². The Morgan fingerprint density at radius 3 is 2.94 bits per heavy atom. The predicted octanol–water partition coefficient (Wildman–Crippen LogP) is 5.70. The number of likely N-dealkylation sites (tertiary alicyclic amines) is 1. The van der Waals surface area contributed by atoms with E-state index in [1.807, 2.05) is 48.2 Å². The van der Waals surface area contributed by atoms with Gasteiger partial charge in [-0.2, -0.15) is 16.7 Å². The fraction of sp³-hybridized carbons (Fsp3) is 0.400. The van der Waals surface area contributed by atoms with Gasteiger partial charge in [-0.15, -0.1) is 0 Å². The van der Waals surface area contributed by atoms with Crippen LogP contribution in [0.15, 0.2) is 53.1 Å². The van der Waals surface area contributed by atoms with Gasteiger partial charge >= 0.3 is 0 Å². The van der Waals surface area contributed by atoms with Crippen LogP contribution in [0.1, 0.15) is 30.7 Å². The second-order valence-corrected chi connectivity index (χ2v) is 10.3. The summed E-state index contributed by atoms with van der Waals surface area (Å²) in [6.07, 6.45) is 2.82. The third-order valence-corrected chi connectivity index (χ3v) is 7.42. The summed E-state index contributed by atoms with van der Waals surface area (Å²) in [7, 11) is 0. The minimum atomic E-state index is -0.0150. The first kappa shape index (κ1) is 25.0. The Balaban J connectivity index is 1.17. The number of benzene rings is 2. The van der Waals surface area contributed by atoms with Gasteiger partial charge in [0.15, 0.2) is 0 Å². The van der Waals surface area contributed by atoms with Crippen molar-refractivity contribution in [3.8, 4) is 11.4 Å². The summed E-state index contributed by atoms with van der Waals surface area (Å²) < 4.78 is 5.44. The first-order valence-corrected chi connectivity index (χ1v) is 13.4. The summed E-state index contributed by atoms with van der Waals surface area (Å²) in [5, 5.41) is 8.54. The number of amides is 1. The lowest BCUT2D eigenvalue weighted by molar-refractivity contribution is -0.126. The molecule has 1 amide bonds. The molecule has 2 aromatic carbocycles. The fourth-order valence-corrected chi connectivity index (χ4v) is 5.36. The highest BCUT2D eigenvalue weighted by Gasteiger charge is 2.26. The number of aromatic nitrogens is 2. The molecule has 1 fully saturated rings. The zero-order chi connectivity index (χ0) is 23.8. The van der Waals surface area contributed by atoms with E-state index in [2.05, 4.69) is 26.4 Å². The zero-order valence-electron chi connectivity index (χ0n) is 18.9. The fourth-order valence-electron chi connectivity index (χ4n) is 4.02. The molecule has 0 radical (unpaired) electrons. The Morgan fingerprint density at radius 1 is 1.21 bits per heavy atom. The highest BCUT2D eigenvalue weighted by molar-refractivity contribution is 7.98. The molecule has 1 unspecified atom stereocenters. The molecule has 0 saturated carbocycles. The smallest absolute Gasteiger partial charge is 0.241 e. The van der Waals surface area contributed by atoms with Gasteiger partial charge < -0.3 is 9.84 Å². The van der Waals surface area contributed by atoms with Gasteiger partial charge in [-0.25, -0.2) is 0 Å². The maximum atomic E-state index is 12.7. The highest BCUT2D eigenvalue weighted by Crippen LogP contribution is 2.26. The lowest BCUT2D eigenvalue weighted by Crippen LogP contribution is -2.43. The monoisotopic (exact) mass is 518 g/mol. The lowest BCUT2D eigenvalue weighted by Gasteiger charge is -2.30. The van der Waals surface area contributed by atoms with E-state index in [1.165, 1.54) is 5.56 Å². The summed E-state index contributed by atoms with van der Waals surface area (Å²) >= 11 is 14.1. The predicted molar refractivity (Wildman–Crippen MR) is 138 cm³/mol. The molecular formula is C25H28Cl2N4O2S. The van der Waals surface area contributed by atoms with E-state index >= 15 is 0 Å². The van der Waals surface area contributed by atoms with Crippen LogP contribution in [-0.4, -0.2) is 46.3 Å². The molecular weight excluding hydrogens is 491 g/mol. The van der Waals surface area contributed by atoms with E-state index in [4.69, 9.17) is 27.7 Å². The first-order valence-electron chi connectivity index (χ1n) is 11.5. The highest BCUT2D eigenvalue weighted by atomic mass is 35.5. The van der Waals surface area contributed by atoms with E-state index in [0.717, 1.165) is 47.9 Å². The molecule has 4 rings (SSSR count). The van der Waals surface area contributed by atoms with Crippen LogP contribution in [0.4, 0.5) is 0 Å². The van der Waals surface area contributed by atoms with Crippen LogP contribution >= 0.6 is 35.0 Å². The molecule has 9 heteroatoms. The van der Waals surface area contributed by atoms with Crippen LogP contribution in [0.5, 0.6) is 0 Å². The number of nitrogens with one attached hydrogen (secondary N) is 1. The number of nitrogens with zero attached hydrogens (tertiary/aromatic N) is 3. The van der Waals surface area contributed by atoms with Gasteiger partial charge in [0.05, 0.1) is 17.5 Å². The molecule has 0 spiro atoms. The second kappa shape index (κ2) is 12.6. The lowest BCUT2D eigenvalue weighted by atomic mass is 9.97. The number of carbonyl (C=O) groups is 1. The van der Waals surface area contributed by atoms with Crippen LogP contribution in [0.3, 0.4) is 0 Å². The molecule has 1 N–H and O–H groups in total. The van der Waals surface area contributed by atoms with E-state index < -0.39 is 0 Å². The zero-order valence-corrected chi connectivity index (χ0v) is 21.2. The Morgan fingerprint density at radius 2 is 2.09 bits per heavy atom. The van der Waals surface area contributed by atoms with Crippen LogP contribution < -0.4 is 5.32 Å². The molecule has 0 aliphatic carbocycles. The van der Waals surface area contributed by atoms with Crippen molar-refractivity contribution in [2.75, 3.05) is 25.4 Å². The quantitative estimate of drug-likeness (QED) is 0.347. The van der Waals surface area contributed by atoms with Crippen LogP contribution in [-0.2, 0) is 17.1 Å². The minimum absolute atomic E-state index is 0.0150. The standard InChI is InChI=1S/C25H28Cl2N4O2S/c26-20-8-3-6-18(14-20)17-34-13-5-11-28-25(32)19-7-4-12-31(15-19)16-23-29-24(30-33-23)21-9-1-2-10-22(21)27/h1-3,6,8-10,14,19H,4-5,7,11-13,15-17H2,(H,28,32). The van der Waals surface area contributed by atoms with Gasteiger partial charge in [0, 0.05) is 29.4 Å². The SMILES string of the molecule is O=C(NCCCSCc1cccc(Cl)c1)C1CCCN(Cc2nc(-c3ccccc3Cl)no2)C1. The summed E-state index contributed by atoms with van der Waals surface area (Å²) in [5.41, 5.74) is 1.98. The van der Waals surface area contributed by atoms with E-state index in [9.17, 15) is 4.79 Å². The maximum Gasteiger partial charge on any atom is 0.241 e. The molecule has 6 nitrogen and oxygen atoms in total.